The summed E-state index contributed by atoms with van der Waals surface area (Å²) in [5.74, 6) is -0.465. The molecule has 0 unspecified atom stereocenters. The first-order valence-electron chi connectivity index (χ1n) is 4.82. The van der Waals surface area contributed by atoms with Crippen LogP contribution in [0.15, 0.2) is 35.2 Å². The van der Waals surface area contributed by atoms with Crippen molar-refractivity contribution in [2.24, 2.45) is 0 Å². The molecule has 5 nitrogen and oxygen atoms in total. The Morgan fingerprint density at radius 1 is 1.33 bits per heavy atom. The SMILES string of the molecule is O=C(Nc1cnc(Cl)c(Br)c1)c1cncc(O)c1. The molecule has 0 fully saturated rings. The normalized spacial score (nSPS) is 10.1. The fraction of sp³-hybridized carbons (Fsp3) is 0. The Hall–Kier alpha value is -1.66. The maximum absolute atomic E-state index is 11.8. The van der Waals surface area contributed by atoms with Crippen molar-refractivity contribution >= 4 is 39.1 Å². The Morgan fingerprint density at radius 3 is 2.78 bits per heavy atom. The zero-order valence-corrected chi connectivity index (χ0v) is 11.2. The number of nitrogens with zero attached hydrogens (tertiary/aromatic N) is 2. The van der Waals surface area contributed by atoms with E-state index in [1.54, 1.807) is 6.07 Å². The maximum atomic E-state index is 11.8. The number of pyridine rings is 2. The molecule has 0 aliphatic rings. The average molecular weight is 329 g/mol. The third kappa shape index (κ3) is 2.96. The highest BCUT2D eigenvalue weighted by Gasteiger charge is 2.08. The molecule has 2 heterocycles. The number of hydrogen-bond acceptors (Lipinski definition) is 4. The number of nitrogens with one attached hydrogen (secondary N) is 1. The van der Waals surface area contributed by atoms with Crippen molar-refractivity contribution in [2.45, 2.75) is 0 Å². The molecule has 2 N–H and O–H groups in total. The third-order valence-corrected chi connectivity index (χ3v) is 3.17. The van der Waals surface area contributed by atoms with Gasteiger partial charge >= 0.3 is 0 Å². The molecule has 1 amide bonds. The van der Waals surface area contributed by atoms with Crippen molar-refractivity contribution in [3.05, 3.63) is 45.9 Å². The van der Waals surface area contributed by atoms with Gasteiger partial charge in [0.25, 0.3) is 5.91 Å². The summed E-state index contributed by atoms with van der Waals surface area (Å²) in [5.41, 5.74) is 0.737. The fourth-order valence-corrected chi connectivity index (χ4v) is 1.70. The van der Waals surface area contributed by atoms with Crippen LogP contribution >= 0.6 is 27.5 Å². The minimum absolute atomic E-state index is 0.0712. The zero-order valence-electron chi connectivity index (χ0n) is 8.89. The molecule has 0 aliphatic carbocycles. The number of halogens is 2. The summed E-state index contributed by atoms with van der Waals surface area (Å²) in [6.07, 6.45) is 4.03. The smallest absolute Gasteiger partial charge is 0.257 e. The standard InChI is InChI=1S/C11H7BrClN3O2/c12-9-2-7(4-15-10(9)13)16-11(18)6-1-8(17)5-14-3-6/h1-5,17H,(H,16,18). The van der Waals surface area contributed by atoms with Crippen LogP contribution in [-0.4, -0.2) is 21.0 Å². The molecule has 92 valence electrons. The molecule has 2 aromatic rings. The molecule has 0 atom stereocenters. The molecular weight excluding hydrogens is 321 g/mol. The van der Waals surface area contributed by atoms with Crippen LogP contribution in [0.3, 0.4) is 0 Å². The van der Waals surface area contributed by atoms with Gasteiger partial charge in [0.15, 0.2) is 0 Å². The molecule has 0 bridgehead atoms. The van der Waals surface area contributed by atoms with Gasteiger partial charge in [-0.1, -0.05) is 11.6 Å². The van der Waals surface area contributed by atoms with Crippen LogP contribution in [0.25, 0.3) is 0 Å². The second-order valence-electron chi connectivity index (χ2n) is 3.38. The molecule has 2 aromatic heterocycles. The molecule has 0 aromatic carbocycles. The summed E-state index contributed by atoms with van der Waals surface area (Å²) in [4.78, 5) is 19.4. The van der Waals surface area contributed by atoms with Gasteiger partial charge < -0.3 is 10.4 Å². The van der Waals surface area contributed by atoms with Crippen molar-refractivity contribution in [1.29, 1.82) is 0 Å². The summed E-state index contributed by atoms with van der Waals surface area (Å²) in [5, 5.41) is 12.2. The van der Waals surface area contributed by atoms with E-state index in [1.165, 1.54) is 24.7 Å². The van der Waals surface area contributed by atoms with Crippen LogP contribution in [0.4, 0.5) is 5.69 Å². The average Bonchev–Trinajstić information content (AvgIpc) is 2.34. The highest BCUT2D eigenvalue weighted by Crippen LogP contribution is 2.23. The summed E-state index contributed by atoms with van der Waals surface area (Å²) in [7, 11) is 0. The van der Waals surface area contributed by atoms with E-state index < -0.39 is 5.91 Å². The summed E-state index contributed by atoms with van der Waals surface area (Å²) in [6.45, 7) is 0. The van der Waals surface area contributed by atoms with Gasteiger partial charge in [0.05, 0.1) is 28.1 Å². The summed E-state index contributed by atoms with van der Waals surface area (Å²) in [6, 6.07) is 2.95. The molecule has 18 heavy (non-hydrogen) atoms. The Labute approximate surface area is 116 Å². The lowest BCUT2D eigenvalue weighted by molar-refractivity contribution is 0.102. The van der Waals surface area contributed by atoms with Crippen molar-refractivity contribution in [2.75, 3.05) is 5.32 Å². The third-order valence-electron chi connectivity index (χ3n) is 2.04. The second-order valence-corrected chi connectivity index (χ2v) is 4.59. The van der Waals surface area contributed by atoms with Gasteiger partial charge in [-0.25, -0.2) is 4.98 Å². The minimum atomic E-state index is -0.394. The Bertz CT molecular complexity index is 607. The first-order valence-corrected chi connectivity index (χ1v) is 6.00. The number of carbonyl (C=O) groups excluding carboxylic acids is 1. The first kappa shape index (κ1) is 12.8. The lowest BCUT2D eigenvalue weighted by Crippen LogP contribution is -2.12. The molecule has 0 radical (unpaired) electrons. The summed E-state index contributed by atoms with van der Waals surface area (Å²) < 4.78 is 0.580. The van der Waals surface area contributed by atoms with Crippen molar-refractivity contribution in [3.8, 4) is 5.75 Å². The van der Waals surface area contributed by atoms with Crippen molar-refractivity contribution in [1.82, 2.24) is 9.97 Å². The summed E-state index contributed by atoms with van der Waals surface area (Å²) >= 11 is 8.95. The first-order chi connectivity index (χ1) is 8.56. The van der Waals surface area contributed by atoms with E-state index in [-0.39, 0.29) is 11.3 Å². The van der Waals surface area contributed by atoms with Gasteiger partial charge in [-0.2, -0.15) is 0 Å². The quantitative estimate of drug-likeness (QED) is 0.831. The lowest BCUT2D eigenvalue weighted by Gasteiger charge is -2.05. The largest absolute Gasteiger partial charge is 0.506 e. The van der Waals surface area contributed by atoms with E-state index in [9.17, 15) is 9.90 Å². The molecule has 0 saturated heterocycles. The minimum Gasteiger partial charge on any atom is -0.506 e. The molecule has 0 aliphatic heterocycles. The van der Waals surface area contributed by atoms with Crippen LogP contribution in [0, 0.1) is 0 Å². The van der Waals surface area contributed by atoms with E-state index in [2.05, 4.69) is 31.2 Å². The number of aromatic nitrogens is 2. The Balaban J connectivity index is 2.18. The van der Waals surface area contributed by atoms with Crippen LogP contribution < -0.4 is 5.32 Å². The fourth-order valence-electron chi connectivity index (χ4n) is 1.24. The molecular formula is C11H7BrClN3O2. The predicted octanol–water partition coefficient (Wildman–Crippen LogP) is 2.85. The monoisotopic (exact) mass is 327 g/mol. The van der Waals surface area contributed by atoms with Crippen molar-refractivity contribution in [3.63, 3.8) is 0 Å². The Morgan fingerprint density at radius 2 is 2.11 bits per heavy atom. The molecule has 0 saturated carbocycles. The number of amides is 1. The van der Waals surface area contributed by atoms with Crippen LogP contribution in [0.2, 0.25) is 5.15 Å². The zero-order chi connectivity index (χ0) is 13.1. The second kappa shape index (κ2) is 5.32. The van der Waals surface area contributed by atoms with Gasteiger partial charge in [-0.3, -0.25) is 9.78 Å². The van der Waals surface area contributed by atoms with Gasteiger partial charge in [0, 0.05) is 6.20 Å². The highest BCUT2D eigenvalue weighted by molar-refractivity contribution is 9.10. The maximum Gasteiger partial charge on any atom is 0.257 e. The van der Waals surface area contributed by atoms with Crippen LogP contribution in [-0.2, 0) is 0 Å². The molecule has 2 rings (SSSR count). The Kier molecular flexibility index (Phi) is 3.78. The van der Waals surface area contributed by atoms with E-state index in [1.807, 2.05) is 0 Å². The van der Waals surface area contributed by atoms with E-state index in [0.717, 1.165) is 0 Å². The number of hydrogen-bond donors (Lipinski definition) is 2. The lowest BCUT2D eigenvalue weighted by atomic mass is 10.2. The number of aromatic hydroxyl groups is 1. The number of rotatable bonds is 2. The van der Waals surface area contributed by atoms with E-state index in [0.29, 0.717) is 15.3 Å². The highest BCUT2D eigenvalue weighted by atomic mass is 79.9. The van der Waals surface area contributed by atoms with E-state index >= 15 is 0 Å². The van der Waals surface area contributed by atoms with E-state index in [4.69, 9.17) is 11.6 Å². The van der Waals surface area contributed by atoms with Gasteiger partial charge in [0.1, 0.15) is 10.9 Å². The molecule has 0 spiro atoms. The van der Waals surface area contributed by atoms with Gasteiger partial charge in [-0.05, 0) is 28.1 Å². The van der Waals surface area contributed by atoms with Gasteiger partial charge in [0.2, 0.25) is 0 Å². The topological polar surface area (TPSA) is 75.1 Å². The van der Waals surface area contributed by atoms with Crippen molar-refractivity contribution < 1.29 is 9.90 Å². The van der Waals surface area contributed by atoms with Crippen LogP contribution in [0.5, 0.6) is 5.75 Å². The van der Waals surface area contributed by atoms with Gasteiger partial charge in [-0.15, -0.1) is 0 Å². The molecule has 7 heteroatoms. The van der Waals surface area contributed by atoms with Crippen LogP contribution in [0.1, 0.15) is 10.4 Å². The number of anilines is 1. The number of carbonyl (C=O) groups is 1. The predicted molar refractivity (Wildman–Crippen MR) is 70.8 cm³/mol.